The topological polar surface area (TPSA) is 29.3 Å². The summed E-state index contributed by atoms with van der Waals surface area (Å²) in [6.07, 6.45) is 8.35. The minimum Gasteiger partial charge on any atom is -0.326 e. The Labute approximate surface area is 81.5 Å². The Balaban J connectivity index is 1.92. The van der Waals surface area contributed by atoms with Crippen LogP contribution < -0.4 is 5.73 Å². The molecule has 0 bridgehead atoms. The zero-order valence-electron chi connectivity index (χ0n) is 8.71. The molecule has 2 rings (SSSR count). The van der Waals surface area contributed by atoms with Gasteiger partial charge in [-0.05, 0) is 26.2 Å². The molecule has 13 heavy (non-hydrogen) atoms. The molecule has 0 aromatic carbocycles. The fraction of sp³-hybridized carbons (Fsp3) is 1.00. The van der Waals surface area contributed by atoms with E-state index in [1.165, 1.54) is 45.1 Å². The Hall–Kier alpha value is -0.0800. The van der Waals surface area contributed by atoms with Gasteiger partial charge in [-0.25, -0.2) is 0 Å². The van der Waals surface area contributed by atoms with Crippen LogP contribution in [0.15, 0.2) is 0 Å². The van der Waals surface area contributed by atoms with E-state index in [2.05, 4.69) is 11.8 Å². The first-order chi connectivity index (χ1) is 6.29. The van der Waals surface area contributed by atoms with E-state index < -0.39 is 0 Å². The Kier molecular flexibility index (Phi) is 2.89. The molecule has 1 saturated carbocycles. The number of nitrogens with zero attached hydrogens (tertiary/aromatic N) is 1. The van der Waals surface area contributed by atoms with E-state index >= 15 is 0 Å². The van der Waals surface area contributed by atoms with Crippen molar-refractivity contribution in [3.63, 3.8) is 0 Å². The lowest BCUT2D eigenvalue weighted by molar-refractivity contribution is 0.146. The SMILES string of the molecule is CC1C(N)CCN1C1CCCCC1. The molecule has 2 aliphatic rings. The van der Waals surface area contributed by atoms with Gasteiger partial charge >= 0.3 is 0 Å². The second-order valence-corrected chi connectivity index (χ2v) is 4.72. The van der Waals surface area contributed by atoms with Crippen LogP contribution in [0.1, 0.15) is 45.4 Å². The molecule has 0 aromatic rings. The third-order valence-corrected chi connectivity index (χ3v) is 3.91. The van der Waals surface area contributed by atoms with Crippen LogP contribution in [-0.4, -0.2) is 29.6 Å². The van der Waals surface area contributed by atoms with Crippen molar-refractivity contribution in [2.75, 3.05) is 6.54 Å². The average Bonchev–Trinajstić information content (AvgIpc) is 2.49. The first kappa shape index (κ1) is 9.47. The van der Waals surface area contributed by atoms with E-state index in [1.807, 2.05) is 0 Å². The Morgan fingerprint density at radius 2 is 1.77 bits per heavy atom. The van der Waals surface area contributed by atoms with Gasteiger partial charge in [-0.1, -0.05) is 19.3 Å². The minimum absolute atomic E-state index is 0.432. The molecule has 0 amide bonds. The zero-order valence-corrected chi connectivity index (χ0v) is 8.71. The van der Waals surface area contributed by atoms with Crippen LogP contribution in [0.25, 0.3) is 0 Å². The number of hydrogen-bond donors (Lipinski definition) is 1. The lowest BCUT2D eigenvalue weighted by Gasteiger charge is -2.34. The van der Waals surface area contributed by atoms with Crippen LogP contribution in [0.5, 0.6) is 0 Å². The first-order valence-corrected chi connectivity index (χ1v) is 5.80. The molecule has 2 unspecified atom stereocenters. The van der Waals surface area contributed by atoms with Gasteiger partial charge in [0.15, 0.2) is 0 Å². The summed E-state index contributed by atoms with van der Waals surface area (Å²) in [5, 5.41) is 0. The molecule has 2 atom stereocenters. The molecule has 0 radical (unpaired) electrons. The maximum Gasteiger partial charge on any atom is 0.0222 e. The number of likely N-dealkylation sites (tertiary alicyclic amines) is 1. The second-order valence-electron chi connectivity index (χ2n) is 4.72. The third-order valence-electron chi connectivity index (χ3n) is 3.91. The fourth-order valence-corrected chi connectivity index (χ4v) is 2.92. The lowest BCUT2D eigenvalue weighted by Crippen LogP contribution is -2.43. The van der Waals surface area contributed by atoms with Crippen molar-refractivity contribution in [1.29, 1.82) is 0 Å². The predicted octanol–water partition coefficient (Wildman–Crippen LogP) is 1.74. The highest BCUT2D eigenvalue weighted by molar-refractivity contribution is 4.91. The molecule has 76 valence electrons. The summed E-state index contributed by atoms with van der Waals surface area (Å²) in [6, 6.07) is 1.92. The number of nitrogens with two attached hydrogens (primary N) is 1. The molecule has 1 heterocycles. The van der Waals surface area contributed by atoms with Gasteiger partial charge < -0.3 is 5.73 Å². The standard InChI is InChI=1S/C11H22N2/c1-9-11(12)7-8-13(9)10-5-3-2-4-6-10/h9-11H,2-8,12H2,1H3. The molecule has 1 aliphatic heterocycles. The van der Waals surface area contributed by atoms with Gasteiger partial charge in [-0.3, -0.25) is 4.90 Å². The highest BCUT2D eigenvalue weighted by atomic mass is 15.2. The van der Waals surface area contributed by atoms with Crippen molar-refractivity contribution in [2.24, 2.45) is 5.73 Å². The quantitative estimate of drug-likeness (QED) is 0.669. The summed E-state index contributed by atoms with van der Waals surface area (Å²) in [6.45, 7) is 3.54. The van der Waals surface area contributed by atoms with Gasteiger partial charge in [0.25, 0.3) is 0 Å². The second kappa shape index (κ2) is 3.97. The van der Waals surface area contributed by atoms with Gasteiger partial charge in [-0.15, -0.1) is 0 Å². The maximum atomic E-state index is 6.03. The Morgan fingerprint density at radius 1 is 1.08 bits per heavy atom. The van der Waals surface area contributed by atoms with Crippen LogP contribution in [0.3, 0.4) is 0 Å². The highest BCUT2D eigenvalue weighted by Gasteiger charge is 2.33. The van der Waals surface area contributed by atoms with E-state index in [0.29, 0.717) is 12.1 Å². The molecule has 1 saturated heterocycles. The summed E-state index contributed by atoms with van der Waals surface area (Å²) < 4.78 is 0. The summed E-state index contributed by atoms with van der Waals surface area (Å²) in [5.74, 6) is 0. The van der Waals surface area contributed by atoms with Crippen molar-refractivity contribution in [3.8, 4) is 0 Å². The van der Waals surface area contributed by atoms with Crippen molar-refractivity contribution in [1.82, 2.24) is 4.90 Å². The Morgan fingerprint density at radius 3 is 2.31 bits per heavy atom. The van der Waals surface area contributed by atoms with Crippen molar-refractivity contribution >= 4 is 0 Å². The smallest absolute Gasteiger partial charge is 0.0222 e. The Bertz CT molecular complexity index is 163. The lowest BCUT2D eigenvalue weighted by atomic mass is 9.94. The van der Waals surface area contributed by atoms with E-state index in [9.17, 15) is 0 Å². The monoisotopic (exact) mass is 182 g/mol. The molecular weight excluding hydrogens is 160 g/mol. The minimum atomic E-state index is 0.432. The van der Waals surface area contributed by atoms with Gasteiger partial charge in [0.2, 0.25) is 0 Å². The van der Waals surface area contributed by atoms with Gasteiger partial charge in [-0.2, -0.15) is 0 Å². The summed E-state index contributed by atoms with van der Waals surface area (Å²) in [5.41, 5.74) is 6.03. The third kappa shape index (κ3) is 1.89. The van der Waals surface area contributed by atoms with Crippen LogP contribution in [-0.2, 0) is 0 Å². The summed E-state index contributed by atoms with van der Waals surface area (Å²) in [4.78, 5) is 2.66. The first-order valence-electron chi connectivity index (χ1n) is 5.80. The van der Waals surface area contributed by atoms with Gasteiger partial charge in [0.05, 0.1) is 0 Å². The molecule has 2 heteroatoms. The maximum absolute atomic E-state index is 6.03. The molecule has 2 nitrogen and oxygen atoms in total. The largest absolute Gasteiger partial charge is 0.326 e. The van der Waals surface area contributed by atoms with E-state index in [1.54, 1.807) is 0 Å². The average molecular weight is 182 g/mol. The molecule has 0 aromatic heterocycles. The van der Waals surface area contributed by atoms with Gasteiger partial charge in [0.1, 0.15) is 0 Å². The molecule has 1 aliphatic carbocycles. The van der Waals surface area contributed by atoms with Crippen LogP contribution in [0, 0.1) is 0 Å². The summed E-state index contributed by atoms with van der Waals surface area (Å²) >= 11 is 0. The molecular formula is C11H22N2. The number of rotatable bonds is 1. The molecule has 0 spiro atoms. The van der Waals surface area contributed by atoms with Gasteiger partial charge in [0, 0.05) is 24.7 Å². The van der Waals surface area contributed by atoms with E-state index in [4.69, 9.17) is 5.73 Å². The van der Waals surface area contributed by atoms with Crippen molar-refractivity contribution < 1.29 is 0 Å². The van der Waals surface area contributed by atoms with Crippen LogP contribution in [0.4, 0.5) is 0 Å². The molecule has 2 N–H and O–H groups in total. The van der Waals surface area contributed by atoms with Crippen LogP contribution in [0.2, 0.25) is 0 Å². The number of hydrogen-bond acceptors (Lipinski definition) is 2. The predicted molar refractivity (Wildman–Crippen MR) is 55.6 cm³/mol. The highest BCUT2D eigenvalue weighted by Crippen LogP contribution is 2.28. The van der Waals surface area contributed by atoms with E-state index in [-0.39, 0.29) is 0 Å². The molecule has 2 fully saturated rings. The summed E-state index contributed by atoms with van der Waals surface area (Å²) in [7, 11) is 0. The van der Waals surface area contributed by atoms with E-state index in [0.717, 1.165) is 6.04 Å². The van der Waals surface area contributed by atoms with Crippen molar-refractivity contribution in [2.45, 2.75) is 63.6 Å². The zero-order chi connectivity index (χ0) is 9.26. The van der Waals surface area contributed by atoms with Crippen molar-refractivity contribution in [3.05, 3.63) is 0 Å². The normalized spacial score (nSPS) is 38.3. The van der Waals surface area contributed by atoms with Crippen LogP contribution >= 0.6 is 0 Å². The fourth-order valence-electron chi connectivity index (χ4n) is 2.92.